The summed E-state index contributed by atoms with van der Waals surface area (Å²) in [5, 5.41) is 21.1. The zero-order valence-corrected chi connectivity index (χ0v) is 13.6. The Morgan fingerprint density at radius 1 is 1.29 bits per heavy atom. The molecule has 1 amide bonds. The summed E-state index contributed by atoms with van der Waals surface area (Å²) in [6.07, 6.45) is 1.85. The second kappa shape index (κ2) is 8.09. The van der Waals surface area contributed by atoms with Crippen LogP contribution < -0.4 is 16.6 Å². The summed E-state index contributed by atoms with van der Waals surface area (Å²) >= 11 is 0. The normalized spacial score (nSPS) is 12.3. The van der Waals surface area contributed by atoms with Gasteiger partial charge < -0.3 is 15.5 Å². The molecule has 0 bridgehead atoms. The minimum absolute atomic E-state index is 0.240. The summed E-state index contributed by atoms with van der Waals surface area (Å²) in [5.74, 6) is -2.34. The number of aliphatic carboxylic acids is 1. The van der Waals surface area contributed by atoms with Crippen LogP contribution in [0.2, 0.25) is 0 Å². The fourth-order valence-electron chi connectivity index (χ4n) is 1.98. The lowest BCUT2D eigenvalue weighted by Crippen LogP contribution is -2.41. The Bertz CT molecular complexity index is 777. The van der Waals surface area contributed by atoms with E-state index in [4.69, 9.17) is 5.11 Å². The van der Waals surface area contributed by atoms with Crippen molar-refractivity contribution in [2.75, 3.05) is 6.54 Å². The Morgan fingerprint density at radius 3 is 2.46 bits per heavy atom. The van der Waals surface area contributed by atoms with Crippen molar-refractivity contribution in [1.82, 2.24) is 14.5 Å². The number of carboxylic acids is 1. The molecular weight excluding hydrogens is 320 g/mol. The number of aliphatic imine (C=N–C) groups is 1. The van der Waals surface area contributed by atoms with Crippen molar-refractivity contribution in [2.24, 2.45) is 19.1 Å². The average Bonchev–Trinajstić information content (AvgIpc) is 2.53. The highest BCUT2D eigenvalue weighted by Gasteiger charge is 2.18. The number of aromatic nitrogens is 2. The predicted molar refractivity (Wildman–Crippen MR) is 85.5 cm³/mol. The third-order valence-electron chi connectivity index (χ3n) is 3.33. The highest BCUT2D eigenvalue weighted by molar-refractivity contribution is 5.87. The number of rotatable bonds is 7. The van der Waals surface area contributed by atoms with Crippen molar-refractivity contribution < 1.29 is 19.8 Å². The lowest BCUT2D eigenvalue weighted by molar-refractivity contribution is -0.141. The molecule has 10 nitrogen and oxygen atoms in total. The fourth-order valence-corrected chi connectivity index (χ4v) is 1.98. The zero-order valence-electron chi connectivity index (χ0n) is 13.6. The van der Waals surface area contributed by atoms with Crippen LogP contribution in [0.5, 0.6) is 5.88 Å². The van der Waals surface area contributed by atoms with Crippen LogP contribution in [-0.2, 0) is 23.7 Å². The molecule has 3 N–H and O–H groups in total. The number of amides is 1. The number of carboxylic acid groups (broad SMARTS) is 1. The van der Waals surface area contributed by atoms with Crippen molar-refractivity contribution >= 4 is 18.1 Å². The molecule has 24 heavy (non-hydrogen) atoms. The quantitative estimate of drug-likeness (QED) is 0.520. The van der Waals surface area contributed by atoms with Crippen LogP contribution in [0.15, 0.2) is 14.6 Å². The Morgan fingerprint density at radius 2 is 1.92 bits per heavy atom. The van der Waals surface area contributed by atoms with E-state index in [1.54, 1.807) is 6.92 Å². The molecule has 10 heteroatoms. The number of hydrogen-bond donors (Lipinski definition) is 3. The van der Waals surface area contributed by atoms with Crippen LogP contribution in [0.3, 0.4) is 0 Å². The SMILES string of the molecule is CCC[C@H](NC(=O)CN=Cc1c(O)n(C)c(=O)n(C)c1=O)C(=O)O. The van der Waals surface area contributed by atoms with E-state index < -0.39 is 41.6 Å². The molecule has 1 aromatic heterocycles. The molecule has 0 aromatic carbocycles. The van der Waals surface area contributed by atoms with Gasteiger partial charge in [0.25, 0.3) is 5.56 Å². The Kier molecular flexibility index (Phi) is 6.45. The molecule has 1 heterocycles. The summed E-state index contributed by atoms with van der Waals surface area (Å²) < 4.78 is 1.66. The minimum atomic E-state index is -1.14. The highest BCUT2D eigenvalue weighted by atomic mass is 16.4. The van der Waals surface area contributed by atoms with Gasteiger partial charge in [-0.05, 0) is 6.42 Å². The standard InChI is InChI=1S/C14H20N4O6/c1-4-5-9(13(22)23)16-10(19)7-15-6-8-11(20)17(2)14(24)18(3)12(8)21/h6,9,20H,4-5,7H2,1-3H3,(H,16,19)(H,22,23)/t9-/m0/s1. The second-order valence-electron chi connectivity index (χ2n) is 5.16. The van der Waals surface area contributed by atoms with E-state index in [1.165, 1.54) is 14.1 Å². The van der Waals surface area contributed by atoms with Gasteiger partial charge in [0, 0.05) is 20.3 Å². The molecule has 1 aromatic rings. The molecule has 0 unspecified atom stereocenters. The topological polar surface area (TPSA) is 143 Å². The number of nitrogens with zero attached hydrogens (tertiary/aromatic N) is 3. The van der Waals surface area contributed by atoms with Crippen molar-refractivity contribution in [1.29, 1.82) is 0 Å². The summed E-state index contributed by atoms with van der Waals surface area (Å²) in [6, 6.07) is -1.00. The Labute approximate surface area is 137 Å². The van der Waals surface area contributed by atoms with Crippen LogP contribution >= 0.6 is 0 Å². The number of carbonyl (C=O) groups is 2. The number of nitrogens with one attached hydrogen (secondary N) is 1. The lowest BCUT2D eigenvalue weighted by Gasteiger charge is -2.12. The van der Waals surface area contributed by atoms with Crippen LogP contribution in [0.1, 0.15) is 25.3 Å². The predicted octanol–water partition coefficient (Wildman–Crippen LogP) is -1.42. The molecule has 1 atom stereocenters. The third-order valence-corrected chi connectivity index (χ3v) is 3.33. The van der Waals surface area contributed by atoms with Gasteiger partial charge in [0.2, 0.25) is 11.8 Å². The Hall–Kier alpha value is -2.91. The molecule has 0 aliphatic rings. The lowest BCUT2D eigenvalue weighted by atomic mass is 10.1. The van der Waals surface area contributed by atoms with E-state index >= 15 is 0 Å². The molecule has 0 saturated carbocycles. The summed E-state index contributed by atoms with van der Waals surface area (Å²) in [6.45, 7) is 1.37. The molecular formula is C14H20N4O6. The zero-order chi connectivity index (χ0) is 18.4. The van der Waals surface area contributed by atoms with Gasteiger partial charge in [-0.15, -0.1) is 0 Å². The monoisotopic (exact) mass is 340 g/mol. The molecule has 0 aliphatic carbocycles. The minimum Gasteiger partial charge on any atom is -0.494 e. The molecule has 0 saturated heterocycles. The summed E-state index contributed by atoms with van der Waals surface area (Å²) in [7, 11) is 2.53. The molecule has 0 fully saturated rings. The molecule has 0 radical (unpaired) electrons. The first-order chi connectivity index (χ1) is 11.2. The van der Waals surface area contributed by atoms with Crippen molar-refractivity contribution in [3.05, 3.63) is 26.4 Å². The van der Waals surface area contributed by atoms with Crippen LogP contribution in [0.25, 0.3) is 0 Å². The first-order valence-electron chi connectivity index (χ1n) is 7.21. The van der Waals surface area contributed by atoms with Gasteiger partial charge in [-0.25, -0.2) is 9.59 Å². The van der Waals surface area contributed by atoms with Gasteiger partial charge in [-0.3, -0.25) is 23.7 Å². The average molecular weight is 340 g/mol. The van der Waals surface area contributed by atoms with Crippen LogP contribution in [0, 0.1) is 0 Å². The van der Waals surface area contributed by atoms with Crippen LogP contribution in [-0.4, -0.2) is 50.0 Å². The molecule has 0 aliphatic heterocycles. The van der Waals surface area contributed by atoms with Gasteiger partial charge in [0.15, 0.2) is 0 Å². The van der Waals surface area contributed by atoms with E-state index in [-0.39, 0.29) is 12.0 Å². The highest BCUT2D eigenvalue weighted by Crippen LogP contribution is 2.05. The van der Waals surface area contributed by atoms with Gasteiger partial charge in [0.05, 0.1) is 0 Å². The summed E-state index contributed by atoms with van der Waals surface area (Å²) in [4.78, 5) is 49.9. The van der Waals surface area contributed by atoms with Crippen molar-refractivity contribution in [3.8, 4) is 5.88 Å². The van der Waals surface area contributed by atoms with Crippen LogP contribution in [0.4, 0.5) is 0 Å². The van der Waals surface area contributed by atoms with E-state index in [2.05, 4.69) is 10.3 Å². The van der Waals surface area contributed by atoms with Crippen molar-refractivity contribution in [2.45, 2.75) is 25.8 Å². The fraction of sp³-hybridized carbons (Fsp3) is 0.500. The Balaban J connectivity index is 2.89. The van der Waals surface area contributed by atoms with Gasteiger partial charge in [-0.1, -0.05) is 13.3 Å². The number of aromatic hydroxyl groups is 1. The molecule has 0 spiro atoms. The van der Waals surface area contributed by atoms with Gasteiger partial charge >= 0.3 is 11.7 Å². The van der Waals surface area contributed by atoms with E-state index in [1.807, 2.05) is 0 Å². The van der Waals surface area contributed by atoms with Gasteiger partial charge in [-0.2, -0.15) is 0 Å². The smallest absolute Gasteiger partial charge is 0.333 e. The maximum atomic E-state index is 11.9. The maximum absolute atomic E-state index is 11.9. The third kappa shape index (κ3) is 4.31. The first-order valence-corrected chi connectivity index (χ1v) is 7.21. The molecule has 132 valence electrons. The maximum Gasteiger partial charge on any atom is 0.333 e. The molecule has 1 rings (SSSR count). The number of hydrogen-bond acceptors (Lipinski definition) is 6. The first kappa shape index (κ1) is 19.1. The van der Waals surface area contributed by atoms with E-state index in [0.29, 0.717) is 6.42 Å². The number of carbonyl (C=O) groups excluding carboxylic acids is 1. The van der Waals surface area contributed by atoms with Gasteiger partial charge in [0.1, 0.15) is 18.2 Å². The van der Waals surface area contributed by atoms with E-state index in [9.17, 15) is 24.3 Å². The summed E-state index contributed by atoms with van der Waals surface area (Å²) in [5.41, 5.74) is -1.69. The second-order valence-corrected chi connectivity index (χ2v) is 5.16. The van der Waals surface area contributed by atoms with Crippen molar-refractivity contribution in [3.63, 3.8) is 0 Å². The largest absolute Gasteiger partial charge is 0.494 e. The van der Waals surface area contributed by atoms with E-state index in [0.717, 1.165) is 15.3 Å².